The molecule has 23 heavy (non-hydrogen) atoms. The van der Waals surface area contributed by atoms with E-state index in [1.165, 1.54) is 0 Å². The molecule has 2 N–H and O–H groups in total. The smallest absolute Gasteiger partial charge is 0.151 e. The summed E-state index contributed by atoms with van der Waals surface area (Å²) in [5.41, 5.74) is 9.86. The predicted octanol–water partition coefficient (Wildman–Crippen LogP) is 2.50. The van der Waals surface area contributed by atoms with Gasteiger partial charge in [-0.25, -0.2) is 9.97 Å². The lowest BCUT2D eigenvalue weighted by molar-refractivity contribution is 0.109. The molecule has 2 aromatic heterocycles. The molecule has 6 nitrogen and oxygen atoms in total. The van der Waals surface area contributed by atoms with Gasteiger partial charge in [0.25, 0.3) is 0 Å². The van der Waals surface area contributed by atoms with Crippen molar-refractivity contribution in [1.82, 2.24) is 14.5 Å². The number of aromatic nitrogens is 3. The van der Waals surface area contributed by atoms with Crippen LogP contribution in [0.1, 0.15) is 43.0 Å². The molecule has 2 rings (SSSR count). The summed E-state index contributed by atoms with van der Waals surface area (Å²) >= 11 is -0.748. The standard InChI is InChI=1S/C16H26N4O2S/c1-10-11(2)18-15(17)13-14(10)20(8-6-7-9-23(5)21)16(19-13)12(3)22-4/h12H,6-9H2,1-5H3,(H2,17,18). The molecule has 0 aliphatic heterocycles. The first-order chi connectivity index (χ1) is 10.9. The summed E-state index contributed by atoms with van der Waals surface area (Å²) < 4.78 is 18.9. The Morgan fingerprint density at radius 3 is 2.61 bits per heavy atom. The maximum absolute atomic E-state index is 11.2. The SMILES string of the molecule is COC(C)c1nc2c(N)nc(C)c(C)c2n1CCCC[S+](C)[O-]. The summed E-state index contributed by atoms with van der Waals surface area (Å²) in [5, 5.41) is 0. The predicted molar refractivity (Wildman–Crippen MR) is 95.0 cm³/mol. The number of hydrogen-bond donors (Lipinski definition) is 1. The number of methoxy groups -OCH3 is 1. The van der Waals surface area contributed by atoms with Gasteiger partial charge in [0.2, 0.25) is 0 Å². The van der Waals surface area contributed by atoms with Gasteiger partial charge in [0, 0.05) is 19.3 Å². The molecule has 128 valence electrons. The highest BCUT2D eigenvalue weighted by Crippen LogP contribution is 2.29. The Labute approximate surface area is 140 Å². The summed E-state index contributed by atoms with van der Waals surface area (Å²) in [4.78, 5) is 9.07. The number of nitrogen functional groups attached to an aromatic ring is 1. The van der Waals surface area contributed by atoms with Crippen molar-refractivity contribution in [2.45, 2.75) is 46.3 Å². The van der Waals surface area contributed by atoms with Crippen molar-refractivity contribution in [3.63, 3.8) is 0 Å². The Kier molecular flexibility index (Phi) is 5.89. The van der Waals surface area contributed by atoms with E-state index in [9.17, 15) is 4.55 Å². The minimum Gasteiger partial charge on any atom is -0.617 e. The van der Waals surface area contributed by atoms with E-state index in [0.29, 0.717) is 5.82 Å². The second-order valence-corrected chi connectivity index (χ2v) is 7.44. The number of imidazole rings is 1. The second-order valence-electron chi connectivity index (χ2n) is 5.89. The van der Waals surface area contributed by atoms with Gasteiger partial charge in [-0.3, -0.25) is 0 Å². The van der Waals surface area contributed by atoms with Crippen molar-refractivity contribution in [3.05, 3.63) is 17.1 Å². The zero-order valence-corrected chi connectivity index (χ0v) is 15.4. The summed E-state index contributed by atoms with van der Waals surface area (Å²) in [7, 11) is 1.67. The maximum Gasteiger partial charge on any atom is 0.151 e. The first-order valence-corrected chi connectivity index (χ1v) is 9.55. The molecule has 0 spiro atoms. The van der Waals surface area contributed by atoms with Crippen LogP contribution in [0.5, 0.6) is 0 Å². The van der Waals surface area contributed by atoms with E-state index < -0.39 is 11.2 Å². The maximum atomic E-state index is 11.2. The number of nitrogens with two attached hydrogens (primary N) is 1. The molecule has 0 fully saturated rings. The van der Waals surface area contributed by atoms with Crippen molar-refractivity contribution < 1.29 is 9.29 Å². The van der Waals surface area contributed by atoms with Crippen LogP contribution in [0.2, 0.25) is 0 Å². The van der Waals surface area contributed by atoms with Crippen LogP contribution in [0.15, 0.2) is 0 Å². The van der Waals surface area contributed by atoms with Gasteiger partial charge >= 0.3 is 0 Å². The van der Waals surface area contributed by atoms with E-state index in [2.05, 4.69) is 14.5 Å². The fraction of sp³-hybridized carbons (Fsp3) is 0.625. The molecule has 2 atom stereocenters. The number of hydrogen-bond acceptors (Lipinski definition) is 5. The molecule has 0 aliphatic carbocycles. The topological polar surface area (TPSA) is 89.0 Å². The molecular formula is C16H26N4O2S. The minimum atomic E-state index is -0.748. The molecular weight excluding hydrogens is 312 g/mol. The molecule has 2 unspecified atom stereocenters. The monoisotopic (exact) mass is 338 g/mol. The summed E-state index contributed by atoms with van der Waals surface area (Å²) in [5.74, 6) is 2.05. The zero-order valence-electron chi connectivity index (χ0n) is 14.5. The highest BCUT2D eigenvalue weighted by atomic mass is 32.2. The lowest BCUT2D eigenvalue weighted by atomic mass is 10.2. The van der Waals surface area contributed by atoms with Crippen LogP contribution in [0.4, 0.5) is 5.82 Å². The summed E-state index contributed by atoms with van der Waals surface area (Å²) in [6, 6.07) is 0. The number of unbranched alkanes of at least 4 members (excludes halogenated alkanes) is 1. The first kappa shape index (κ1) is 18.0. The number of aryl methyl sites for hydroxylation is 3. The molecule has 0 saturated carbocycles. The van der Waals surface area contributed by atoms with Crippen LogP contribution in [0.3, 0.4) is 0 Å². The molecule has 0 amide bonds. The molecule has 0 bridgehead atoms. The van der Waals surface area contributed by atoms with Crippen molar-refractivity contribution in [3.8, 4) is 0 Å². The van der Waals surface area contributed by atoms with E-state index in [0.717, 1.165) is 53.3 Å². The molecule has 0 radical (unpaired) electrons. The average molecular weight is 338 g/mol. The van der Waals surface area contributed by atoms with Crippen LogP contribution >= 0.6 is 0 Å². The highest BCUT2D eigenvalue weighted by molar-refractivity contribution is 7.90. The third-order valence-corrected chi connectivity index (χ3v) is 5.07. The van der Waals surface area contributed by atoms with Crippen molar-refractivity contribution in [1.29, 1.82) is 0 Å². The largest absolute Gasteiger partial charge is 0.617 e. The van der Waals surface area contributed by atoms with E-state index >= 15 is 0 Å². The quantitative estimate of drug-likeness (QED) is 0.619. The van der Waals surface area contributed by atoms with E-state index in [1.807, 2.05) is 20.8 Å². The third kappa shape index (κ3) is 3.79. The summed E-state index contributed by atoms with van der Waals surface area (Å²) in [6.07, 6.45) is 3.48. The highest BCUT2D eigenvalue weighted by Gasteiger charge is 2.20. The number of anilines is 1. The molecule has 0 aromatic carbocycles. The van der Waals surface area contributed by atoms with Crippen LogP contribution in [-0.4, -0.2) is 38.2 Å². The fourth-order valence-corrected chi connectivity index (χ4v) is 3.35. The zero-order chi connectivity index (χ0) is 17.1. The van der Waals surface area contributed by atoms with Gasteiger partial charge in [0.15, 0.2) is 5.82 Å². The second kappa shape index (κ2) is 7.51. The van der Waals surface area contributed by atoms with E-state index in [1.54, 1.807) is 13.4 Å². The van der Waals surface area contributed by atoms with Crippen LogP contribution in [-0.2, 0) is 22.5 Å². The van der Waals surface area contributed by atoms with Crippen LogP contribution in [0.25, 0.3) is 11.0 Å². The van der Waals surface area contributed by atoms with Gasteiger partial charge in [0.1, 0.15) is 23.2 Å². The lowest BCUT2D eigenvalue weighted by Gasteiger charge is -2.15. The van der Waals surface area contributed by atoms with Gasteiger partial charge in [-0.05, 0) is 39.2 Å². The van der Waals surface area contributed by atoms with Gasteiger partial charge in [-0.15, -0.1) is 0 Å². The number of nitrogens with zero attached hydrogens (tertiary/aromatic N) is 3. The van der Waals surface area contributed by atoms with E-state index in [4.69, 9.17) is 10.5 Å². The molecule has 2 heterocycles. The van der Waals surface area contributed by atoms with Crippen molar-refractivity contribution in [2.24, 2.45) is 0 Å². The Balaban J connectivity index is 2.45. The van der Waals surface area contributed by atoms with Crippen LogP contribution < -0.4 is 5.73 Å². The van der Waals surface area contributed by atoms with Crippen molar-refractivity contribution in [2.75, 3.05) is 24.9 Å². The average Bonchev–Trinajstić information content (AvgIpc) is 2.88. The van der Waals surface area contributed by atoms with Gasteiger partial charge < -0.3 is 19.6 Å². The van der Waals surface area contributed by atoms with E-state index in [-0.39, 0.29) is 6.10 Å². The minimum absolute atomic E-state index is 0.123. The van der Waals surface area contributed by atoms with Crippen LogP contribution in [0, 0.1) is 13.8 Å². The summed E-state index contributed by atoms with van der Waals surface area (Å²) in [6.45, 7) is 6.79. The normalized spacial score (nSPS) is 14.3. The number of ether oxygens (including phenoxy) is 1. The first-order valence-electron chi connectivity index (χ1n) is 7.82. The third-order valence-electron chi connectivity index (χ3n) is 4.21. The Bertz CT molecular complexity index is 685. The van der Waals surface area contributed by atoms with Gasteiger partial charge in [-0.1, -0.05) is 11.2 Å². The van der Waals surface area contributed by atoms with Gasteiger partial charge in [0.05, 0.1) is 11.8 Å². The molecule has 2 aromatic rings. The molecule has 7 heteroatoms. The Morgan fingerprint density at radius 1 is 1.30 bits per heavy atom. The molecule has 0 aliphatic rings. The number of pyridine rings is 1. The Morgan fingerprint density at radius 2 is 2.00 bits per heavy atom. The van der Waals surface area contributed by atoms with Gasteiger partial charge in [-0.2, -0.15) is 0 Å². The fourth-order valence-electron chi connectivity index (χ4n) is 2.74. The number of fused-ring (bicyclic) bond motifs is 1. The lowest BCUT2D eigenvalue weighted by Crippen LogP contribution is -2.11. The Hall–Kier alpha value is -1.31. The number of rotatable bonds is 7. The van der Waals surface area contributed by atoms with Crippen molar-refractivity contribution >= 4 is 28.0 Å². The molecule has 0 saturated heterocycles.